The Kier molecular flexibility index (Phi) is 33.6. The van der Waals surface area contributed by atoms with Gasteiger partial charge < -0.3 is 57.5 Å². The molecule has 20 N–H and O–H groups in total. The third kappa shape index (κ3) is 28.9. The Balaban J connectivity index is 0.789. The third-order valence-corrected chi connectivity index (χ3v) is 22.4. The summed E-state index contributed by atoms with van der Waals surface area (Å²) in [5, 5.41) is 50.0. The standard InChI is InChI=1S/C68H60Br4Cl2N16O19S8/c69-49-25-35(26-50(70)59(49)91)33-77-85-61(93)57(79-43-17-9-41(73)10-18-43)63(95)87-89-67(112)83-47-15-7-39(55(31-47)116(103,104)105)3-1-37-5-13-45(29-53(37)114(97,98)99)81-65(110)75-21-23-109-24-22-76-66(111)82-46-14-6-38(54(30-46)115(100,101)102)2-4-40-8-16-48(32-56(40)117(106,107)108)84-68(113)90-88-64(96)58(80-44-19-11-42(74)12-20-44)62(94)86-78-34-36-27-51(71)60(92)52(72)28-36/h1-20,25-34,57-58,79-80,91-92H,21-24H2,(H,85,93)(H,86,94)(H,87,95)(H,88,96)(H2,75,81,110)(H2,76,82,111)(H2,83,89,112)(H2,84,90,113)(H,97,98,99)(H,100,101,102)(H,103,104,105)(H,106,107,108)/b3-1+,4-2+,77-33-,78-34-. The number of aromatic hydroxyl groups is 2. The second-order valence-corrected chi connectivity index (χ2v) is 34.9. The molecule has 35 nitrogen and oxygen atoms in total. The molecule has 0 bridgehead atoms. The van der Waals surface area contributed by atoms with Crippen LogP contribution >= 0.6 is 136 Å². The van der Waals surface area contributed by atoms with Crippen molar-refractivity contribution in [2.24, 2.45) is 10.2 Å². The molecule has 0 aromatic heterocycles. The second kappa shape index (κ2) is 42.3. The van der Waals surface area contributed by atoms with E-state index in [0.29, 0.717) is 50.4 Å². The van der Waals surface area contributed by atoms with Crippen molar-refractivity contribution in [2.75, 3.05) is 58.2 Å². The van der Waals surface area contributed by atoms with Gasteiger partial charge in [0.15, 0.2) is 32.5 Å². The van der Waals surface area contributed by atoms with Crippen LogP contribution in [0, 0.1) is 0 Å². The van der Waals surface area contributed by atoms with Crippen LogP contribution in [-0.2, 0) is 64.4 Å². The number of nitrogens with zero attached hydrogens (tertiary/aromatic N) is 2. The number of amides is 4. The van der Waals surface area contributed by atoms with Gasteiger partial charge in [0.05, 0.1) is 43.5 Å². The minimum absolute atomic E-state index is 0.00948. The summed E-state index contributed by atoms with van der Waals surface area (Å²) >= 11 is 46.2. The van der Waals surface area contributed by atoms with Crippen LogP contribution in [0.1, 0.15) is 33.4 Å². The first-order valence-corrected chi connectivity index (χ1v) is 43.7. The van der Waals surface area contributed by atoms with Crippen LogP contribution in [-0.4, -0.2) is 157 Å². The molecule has 2 atom stereocenters. The molecule has 0 fully saturated rings. The van der Waals surface area contributed by atoms with E-state index in [-0.39, 0.29) is 103 Å². The lowest BCUT2D eigenvalue weighted by atomic mass is 10.1. The molecule has 0 heterocycles. The molecule has 0 saturated carbocycles. The average molecular weight is 2050 g/mol. The number of carbonyl (C=O) groups is 4. The molecule has 616 valence electrons. The first-order chi connectivity index (χ1) is 55.1. The van der Waals surface area contributed by atoms with Gasteiger partial charge in [-0.25, -0.2) is 10.9 Å². The molecule has 0 aliphatic heterocycles. The van der Waals surface area contributed by atoms with Gasteiger partial charge in [-0.05, 0) is 267 Å². The monoisotopic (exact) mass is 2050 g/mol. The number of anilines is 6. The Morgan fingerprint density at radius 3 is 0.932 bits per heavy atom. The maximum absolute atomic E-state index is 13.5. The number of nitrogens with one attached hydrogen (secondary N) is 14. The van der Waals surface area contributed by atoms with Crippen molar-refractivity contribution >= 4 is 291 Å². The van der Waals surface area contributed by atoms with E-state index in [9.17, 15) is 81.3 Å². The van der Waals surface area contributed by atoms with Crippen LogP contribution in [0.15, 0.2) is 193 Å². The number of benzene rings is 8. The predicted octanol–water partition coefficient (Wildman–Crippen LogP) is 9.97. The van der Waals surface area contributed by atoms with Gasteiger partial charge >= 0.3 is 0 Å². The predicted molar refractivity (Wildman–Crippen MR) is 473 cm³/mol. The largest absolute Gasteiger partial charge is 0.506 e. The van der Waals surface area contributed by atoms with Crippen molar-refractivity contribution in [3.05, 3.63) is 207 Å². The zero-order chi connectivity index (χ0) is 85.7. The molecule has 0 spiro atoms. The topological polar surface area (TPSA) is 529 Å². The first-order valence-electron chi connectivity index (χ1n) is 32.4. The van der Waals surface area contributed by atoms with Crippen molar-refractivity contribution in [1.29, 1.82) is 0 Å². The van der Waals surface area contributed by atoms with E-state index >= 15 is 0 Å². The van der Waals surface area contributed by atoms with E-state index in [1.807, 2.05) is 0 Å². The van der Waals surface area contributed by atoms with Gasteiger partial charge in [-0.3, -0.25) is 59.1 Å². The maximum atomic E-state index is 13.5. The van der Waals surface area contributed by atoms with E-state index in [1.54, 1.807) is 0 Å². The SMILES string of the molecule is O=C(N/N=C\c1cc(Br)c(O)c(Br)c1)C(Nc1ccc(Cl)cc1)C(=O)NNC(=S)Nc1ccc(/C=C/c2ccc(NC(=S)NCCOCCNC(=S)Nc3ccc(/C=C/c4ccc(NC(=S)NNC(=O)C(Nc5ccc(Cl)cc5)C(=O)N/N=C\c5cc(Br)c(O)c(Br)c5)cc4S(=O)(=O)O)c(S(=O)(=O)O)c3)cc2S(=O)(=O)O)c(S(=O)(=O)O)c1. The molecule has 0 radical (unpaired) electrons. The minimum Gasteiger partial charge on any atom is -0.506 e. The molecule has 0 saturated heterocycles. The lowest BCUT2D eigenvalue weighted by Gasteiger charge is -2.19. The van der Waals surface area contributed by atoms with Crippen molar-refractivity contribution in [3.8, 4) is 11.5 Å². The highest BCUT2D eigenvalue weighted by Gasteiger charge is 2.30. The molecule has 2 unspecified atom stereocenters. The Hall–Kier alpha value is -9.48. The number of carbonyl (C=O) groups excluding carboxylic acids is 4. The highest BCUT2D eigenvalue weighted by Crippen LogP contribution is 2.35. The summed E-state index contributed by atoms with van der Waals surface area (Å²) < 4.78 is 150. The fourth-order valence-corrected chi connectivity index (χ4v) is 15.9. The smallest absolute Gasteiger partial charge is 0.295 e. The number of hydrazine groups is 2. The molecular weight excluding hydrogens is 1990 g/mol. The molecule has 8 rings (SSSR count). The number of hydrazone groups is 2. The van der Waals surface area contributed by atoms with Crippen molar-refractivity contribution in [2.45, 2.75) is 31.7 Å². The molecule has 4 amide bonds. The van der Waals surface area contributed by atoms with Gasteiger partial charge in [0.25, 0.3) is 64.1 Å². The third-order valence-electron chi connectivity index (χ3n) is 15.0. The van der Waals surface area contributed by atoms with Crippen LogP contribution < -0.4 is 75.1 Å². The molecule has 8 aromatic carbocycles. The Morgan fingerprint density at radius 2 is 0.658 bits per heavy atom. The number of halogens is 6. The quantitative estimate of drug-likeness (QED) is 0.00378. The lowest BCUT2D eigenvalue weighted by Crippen LogP contribution is -2.54. The van der Waals surface area contributed by atoms with E-state index in [0.717, 1.165) is 48.6 Å². The maximum Gasteiger partial charge on any atom is 0.295 e. The molecule has 0 aliphatic carbocycles. The summed E-state index contributed by atoms with van der Waals surface area (Å²) in [7, 11) is -20.0. The van der Waals surface area contributed by atoms with Crippen LogP contribution in [0.2, 0.25) is 10.0 Å². The summed E-state index contributed by atoms with van der Waals surface area (Å²) in [6, 6.07) is 29.1. The number of thiocarbonyl (C=S) groups is 4. The number of phenolic OH excluding ortho intramolecular Hbond substituents is 2. The molecule has 49 heteroatoms. The van der Waals surface area contributed by atoms with Gasteiger partial charge in [-0.15, -0.1) is 0 Å². The van der Waals surface area contributed by atoms with E-state index in [2.05, 4.69) is 149 Å². The average Bonchev–Trinajstić information content (AvgIpc) is 0.763. The normalized spacial score (nSPS) is 12.3. The van der Waals surface area contributed by atoms with Crippen molar-refractivity contribution < 1.29 is 86.0 Å². The number of phenols is 2. The number of ether oxygens (including phenoxy) is 1. The zero-order valence-electron chi connectivity index (χ0n) is 58.7. The molecule has 8 aromatic rings. The van der Waals surface area contributed by atoms with Gasteiger partial charge in [0.1, 0.15) is 31.1 Å². The van der Waals surface area contributed by atoms with Gasteiger partial charge in [-0.2, -0.15) is 43.9 Å². The zero-order valence-corrected chi connectivity index (χ0v) is 73.1. The van der Waals surface area contributed by atoms with E-state index < -0.39 is 95.8 Å². The molecule has 0 aliphatic rings. The summed E-state index contributed by atoms with van der Waals surface area (Å²) in [4.78, 5) is 51.0. The molecular formula is C68H60Br4Cl2N16O19S8. The number of hydrogen-bond acceptors (Lipinski definition) is 23. The van der Waals surface area contributed by atoms with Crippen LogP contribution in [0.5, 0.6) is 11.5 Å². The fraction of sp³-hybridized carbons (Fsp3) is 0.0882. The van der Waals surface area contributed by atoms with Crippen LogP contribution in [0.3, 0.4) is 0 Å². The second-order valence-electron chi connectivity index (χ2n) is 23.4. The van der Waals surface area contributed by atoms with Crippen molar-refractivity contribution in [3.63, 3.8) is 0 Å². The highest BCUT2D eigenvalue weighted by atomic mass is 79.9. The summed E-state index contributed by atoms with van der Waals surface area (Å²) in [5.74, 6) is -3.99. The Bertz CT molecular complexity index is 5420. The number of rotatable bonds is 30. The van der Waals surface area contributed by atoms with E-state index in [1.165, 1.54) is 134 Å². The van der Waals surface area contributed by atoms with E-state index in [4.69, 9.17) is 76.8 Å². The van der Waals surface area contributed by atoms with Gasteiger partial charge in [0, 0.05) is 57.3 Å². The summed E-state index contributed by atoms with van der Waals surface area (Å²) in [5.41, 5.74) is 14.8. The Labute approximate surface area is 731 Å². The van der Waals surface area contributed by atoms with Crippen LogP contribution in [0.25, 0.3) is 24.3 Å². The number of hydrogen-bond donors (Lipinski definition) is 20. The van der Waals surface area contributed by atoms with Crippen molar-refractivity contribution in [1.82, 2.24) is 43.2 Å². The highest BCUT2D eigenvalue weighted by molar-refractivity contribution is 9.11. The summed E-state index contributed by atoms with van der Waals surface area (Å²) in [6.07, 6.45) is 7.07. The summed E-state index contributed by atoms with van der Waals surface area (Å²) in [6.45, 7) is 0.340. The lowest BCUT2D eigenvalue weighted by molar-refractivity contribution is -0.132. The van der Waals surface area contributed by atoms with Gasteiger partial charge in [-0.1, -0.05) is 71.8 Å². The Morgan fingerprint density at radius 1 is 0.393 bits per heavy atom. The molecule has 117 heavy (non-hydrogen) atoms. The van der Waals surface area contributed by atoms with Gasteiger partial charge in [0.2, 0.25) is 0 Å². The first kappa shape index (κ1) is 93.0. The van der Waals surface area contributed by atoms with Crippen LogP contribution in [0.4, 0.5) is 34.1 Å². The minimum atomic E-state index is -5.02. The fourth-order valence-electron chi connectivity index (χ4n) is 9.60.